The molecule has 0 heterocycles. The first-order valence-corrected chi connectivity index (χ1v) is 6.63. The third-order valence-electron chi connectivity index (χ3n) is 2.61. The Labute approximate surface area is 118 Å². The Hall–Kier alpha value is -1.07. The normalized spacial score (nSPS) is 12.7. The van der Waals surface area contributed by atoms with Gasteiger partial charge in [0, 0.05) is 12.1 Å². The van der Waals surface area contributed by atoms with E-state index >= 15 is 0 Å². The number of nitrogens with one attached hydrogen (secondary N) is 1. The molecule has 0 unspecified atom stereocenters. The predicted molar refractivity (Wildman–Crippen MR) is 73.4 cm³/mol. The average molecular weight is 289 g/mol. The standard InChI is InChI=1S/C15H22F3NO/c1-14(2,3)19-10-12-5-4-6-13(9-12)11-20-8-7-15(16,17)18/h4-6,9,19H,7-8,10-11H2,1-3H3. The number of ether oxygens (including phenoxy) is 1. The summed E-state index contributed by atoms with van der Waals surface area (Å²) in [5.41, 5.74) is 2.01. The van der Waals surface area contributed by atoms with Crippen LogP contribution in [-0.4, -0.2) is 18.3 Å². The van der Waals surface area contributed by atoms with Gasteiger partial charge in [-0.25, -0.2) is 0 Å². The molecule has 0 amide bonds. The van der Waals surface area contributed by atoms with Gasteiger partial charge in [-0.2, -0.15) is 13.2 Å². The van der Waals surface area contributed by atoms with Crippen LogP contribution in [0.1, 0.15) is 38.3 Å². The highest BCUT2D eigenvalue weighted by molar-refractivity contribution is 5.23. The summed E-state index contributed by atoms with van der Waals surface area (Å²) in [4.78, 5) is 0. The minimum Gasteiger partial charge on any atom is -0.376 e. The van der Waals surface area contributed by atoms with Gasteiger partial charge >= 0.3 is 6.18 Å². The second-order valence-corrected chi connectivity index (χ2v) is 5.84. The molecule has 0 atom stereocenters. The lowest BCUT2D eigenvalue weighted by atomic mass is 10.1. The summed E-state index contributed by atoms with van der Waals surface area (Å²) < 4.78 is 41.0. The van der Waals surface area contributed by atoms with Gasteiger partial charge in [0.15, 0.2) is 0 Å². The van der Waals surface area contributed by atoms with Crippen molar-refractivity contribution in [2.24, 2.45) is 0 Å². The number of benzene rings is 1. The van der Waals surface area contributed by atoms with Crippen LogP contribution in [0.25, 0.3) is 0 Å². The molecule has 1 aromatic carbocycles. The molecular formula is C15H22F3NO. The fourth-order valence-corrected chi connectivity index (χ4v) is 1.57. The molecule has 2 nitrogen and oxygen atoms in total. The molecule has 0 saturated heterocycles. The van der Waals surface area contributed by atoms with Crippen molar-refractivity contribution in [3.8, 4) is 0 Å². The van der Waals surface area contributed by atoms with Gasteiger partial charge < -0.3 is 10.1 Å². The van der Waals surface area contributed by atoms with Crippen molar-refractivity contribution in [2.75, 3.05) is 6.61 Å². The summed E-state index contributed by atoms with van der Waals surface area (Å²) in [6.45, 7) is 6.87. The molecule has 5 heteroatoms. The molecule has 1 N–H and O–H groups in total. The van der Waals surface area contributed by atoms with Gasteiger partial charge in [-0.3, -0.25) is 0 Å². The van der Waals surface area contributed by atoms with Crippen molar-refractivity contribution in [2.45, 2.75) is 52.1 Å². The number of halogens is 3. The molecule has 0 aliphatic rings. The quantitative estimate of drug-likeness (QED) is 0.798. The van der Waals surface area contributed by atoms with Crippen LogP contribution in [0.5, 0.6) is 0 Å². The van der Waals surface area contributed by atoms with Gasteiger partial charge in [0.25, 0.3) is 0 Å². The average Bonchev–Trinajstić information content (AvgIpc) is 2.31. The van der Waals surface area contributed by atoms with Crippen molar-refractivity contribution in [1.29, 1.82) is 0 Å². The molecule has 0 aliphatic heterocycles. The van der Waals surface area contributed by atoms with Crippen LogP contribution in [0.3, 0.4) is 0 Å². The Morgan fingerprint density at radius 1 is 1.10 bits per heavy atom. The van der Waals surface area contributed by atoms with Gasteiger partial charge in [-0.05, 0) is 31.9 Å². The monoisotopic (exact) mass is 289 g/mol. The molecule has 1 aromatic rings. The van der Waals surface area contributed by atoms with E-state index in [4.69, 9.17) is 4.74 Å². The Kier molecular flexibility index (Phi) is 6.02. The molecule has 0 spiro atoms. The summed E-state index contributed by atoms with van der Waals surface area (Å²) in [5, 5.41) is 3.36. The van der Waals surface area contributed by atoms with E-state index in [1.54, 1.807) is 0 Å². The molecule has 0 aromatic heterocycles. The molecule has 0 fully saturated rings. The van der Waals surface area contributed by atoms with E-state index in [1.807, 2.05) is 24.3 Å². The largest absolute Gasteiger partial charge is 0.391 e. The molecule has 0 radical (unpaired) electrons. The summed E-state index contributed by atoms with van der Waals surface area (Å²) in [6.07, 6.45) is -5.06. The van der Waals surface area contributed by atoms with Crippen LogP contribution in [0.2, 0.25) is 0 Å². The first kappa shape index (κ1) is 17.0. The van der Waals surface area contributed by atoms with Crippen molar-refractivity contribution < 1.29 is 17.9 Å². The predicted octanol–water partition coefficient (Wildman–Crippen LogP) is 4.04. The molecule has 114 valence electrons. The first-order chi connectivity index (χ1) is 9.16. The van der Waals surface area contributed by atoms with Crippen LogP contribution < -0.4 is 5.32 Å². The van der Waals surface area contributed by atoms with E-state index in [0.717, 1.165) is 17.7 Å². The number of alkyl halides is 3. The van der Waals surface area contributed by atoms with Crippen molar-refractivity contribution >= 4 is 0 Å². The first-order valence-electron chi connectivity index (χ1n) is 6.63. The zero-order valence-electron chi connectivity index (χ0n) is 12.2. The summed E-state index contributed by atoms with van der Waals surface area (Å²) in [5.74, 6) is 0. The van der Waals surface area contributed by atoms with Gasteiger partial charge in [0.2, 0.25) is 0 Å². The topological polar surface area (TPSA) is 21.3 Å². The van der Waals surface area contributed by atoms with Crippen LogP contribution in [0, 0.1) is 0 Å². The third kappa shape index (κ3) is 8.17. The maximum absolute atomic E-state index is 12.0. The molecule has 20 heavy (non-hydrogen) atoms. The minimum absolute atomic E-state index is 0.0270. The lowest BCUT2D eigenvalue weighted by molar-refractivity contribution is -0.146. The van der Waals surface area contributed by atoms with Gasteiger partial charge in [0.1, 0.15) is 0 Å². The van der Waals surface area contributed by atoms with Crippen molar-refractivity contribution in [3.05, 3.63) is 35.4 Å². The second kappa shape index (κ2) is 7.09. The molecule has 0 bridgehead atoms. The summed E-state index contributed by atoms with van der Waals surface area (Å²) in [7, 11) is 0. The zero-order chi connectivity index (χ0) is 15.2. The second-order valence-electron chi connectivity index (χ2n) is 5.84. The number of rotatable bonds is 6. The lowest BCUT2D eigenvalue weighted by Crippen LogP contribution is -2.35. The summed E-state index contributed by atoms with van der Waals surface area (Å²) >= 11 is 0. The fraction of sp³-hybridized carbons (Fsp3) is 0.600. The molecule has 1 rings (SSSR count). The maximum Gasteiger partial charge on any atom is 0.391 e. The highest BCUT2D eigenvalue weighted by Gasteiger charge is 2.26. The highest BCUT2D eigenvalue weighted by atomic mass is 19.4. The SMILES string of the molecule is CC(C)(C)NCc1cccc(COCCC(F)(F)F)c1. The van der Waals surface area contributed by atoms with Crippen LogP contribution in [0.4, 0.5) is 13.2 Å². The molecule has 0 saturated carbocycles. The Bertz CT molecular complexity index is 410. The van der Waals surface area contributed by atoms with Gasteiger partial charge in [0.05, 0.1) is 19.6 Å². The third-order valence-corrected chi connectivity index (χ3v) is 2.61. The van der Waals surface area contributed by atoms with E-state index in [0.29, 0.717) is 0 Å². The van der Waals surface area contributed by atoms with E-state index in [2.05, 4.69) is 26.1 Å². The smallest absolute Gasteiger partial charge is 0.376 e. The van der Waals surface area contributed by atoms with E-state index in [1.165, 1.54) is 0 Å². The van der Waals surface area contributed by atoms with Crippen LogP contribution in [-0.2, 0) is 17.9 Å². The van der Waals surface area contributed by atoms with E-state index < -0.39 is 12.6 Å². The zero-order valence-corrected chi connectivity index (χ0v) is 12.2. The maximum atomic E-state index is 12.0. The Balaban J connectivity index is 2.40. The highest BCUT2D eigenvalue weighted by Crippen LogP contribution is 2.19. The summed E-state index contributed by atoms with van der Waals surface area (Å²) in [6, 6.07) is 7.68. The molecule has 0 aliphatic carbocycles. The Morgan fingerprint density at radius 3 is 2.35 bits per heavy atom. The van der Waals surface area contributed by atoms with Crippen molar-refractivity contribution in [1.82, 2.24) is 5.32 Å². The number of hydrogen-bond acceptors (Lipinski definition) is 2. The lowest BCUT2D eigenvalue weighted by Gasteiger charge is -2.20. The van der Waals surface area contributed by atoms with E-state index in [9.17, 15) is 13.2 Å². The number of hydrogen-bond donors (Lipinski definition) is 1. The fourth-order valence-electron chi connectivity index (χ4n) is 1.57. The van der Waals surface area contributed by atoms with Crippen LogP contribution in [0.15, 0.2) is 24.3 Å². The van der Waals surface area contributed by atoms with Gasteiger partial charge in [-0.1, -0.05) is 24.3 Å². The van der Waals surface area contributed by atoms with Crippen LogP contribution >= 0.6 is 0 Å². The minimum atomic E-state index is -4.15. The van der Waals surface area contributed by atoms with E-state index in [-0.39, 0.29) is 18.8 Å². The Morgan fingerprint density at radius 2 is 1.75 bits per heavy atom. The molecular weight excluding hydrogens is 267 g/mol. The van der Waals surface area contributed by atoms with Gasteiger partial charge in [-0.15, -0.1) is 0 Å². The van der Waals surface area contributed by atoms with Crippen molar-refractivity contribution in [3.63, 3.8) is 0 Å².